The molecule has 8 nitrogen and oxygen atoms in total. The van der Waals surface area contributed by atoms with Gasteiger partial charge in [0.2, 0.25) is 5.91 Å². The first-order valence-electron chi connectivity index (χ1n) is 9.15. The molecular formula is C21H22N2O6. The van der Waals surface area contributed by atoms with Gasteiger partial charge in [-0.25, -0.2) is 0 Å². The van der Waals surface area contributed by atoms with Gasteiger partial charge in [-0.3, -0.25) is 19.3 Å². The molecule has 0 unspecified atom stereocenters. The Morgan fingerprint density at radius 3 is 2.72 bits per heavy atom. The Kier molecular flexibility index (Phi) is 6.67. The van der Waals surface area contributed by atoms with E-state index < -0.39 is 18.5 Å². The van der Waals surface area contributed by atoms with Crippen molar-refractivity contribution in [3.8, 4) is 11.5 Å². The Labute approximate surface area is 168 Å². The van der Waals surface area contributed by atoms with E-state index in [2.05, 4.69) is 5.32 Å². The molecule has 0 aromatic heterocycles. The van der Waals surface area contributed by atoms with E-state index in [1.807, 2.05) is 18.2 Å². The van der Waals surface area contributed by atoms with Gasteiger partial charge in [0.1, 0.15) is 18.0 Å². The first kappa shape index (κ1) is 20.2. The van der Waals surface area contributed by atoms with E-state index in [0.29, 0.717) is 17.2 Å². The summed E-state index contributed by atoms with van der Waals surface area (Å²) < 4.78 is 15.8. The van der Waals surface area contributed by atoms with Crippen LogP contribution in [0, 0.1) is 0 Å². The lowest BCUT2D eigenvalue weighted by Crippen LogP contribution is -2.37. The van der Waals surface area contributed by atoms with Gasteiger partial charge in [-0.2, -0.15) is 0 Å². The predicted octanol–water partition coefficient (Wildman–Crippen LogP) is 1.67. The molecule has 0 saturated heterocycles. The molecule has 0 aliphatic carbocycles. The molecule has 2 amide bonds. The number of hydrogen-bond acceptors (Lipinski definition) is 6. The maximum absolute atomic E-state index is 12.3. The zero-order valence-corrected chi connectivity index (χ0v) is 16.1. The van der Waals surface area contributed by atoms with Crippen molar-refractivity contribution in [3.63, 3.8) is 0 Å². The maximum Gasteiger partial charge on any atom is 0.326 e. The van der Waals surface area contributed by atoms with Crippen LogP contribution in [0.25, 0.3) is 0 Å². The highest BCUT2D eigenvalue weighted by molar-refractivity contribution is 5.99. The number of nitrogens with zero attached hydrogens (tertiary/aromatic N) is 1. The molecule has 1 heterocycles. The zero-order valence-electron chi connectivity index (χ0n) is 16.1. The second kappa shape index (κ2) is 9.59. The Bertz CT molecular complexity index is 898. The van der Waals surface area contributed by atoms with Gasteiger partial charge in [0.25, 0.3) is 5.91 Å². The zero-order chi connectivity index (χ0) is 20.6. The molecule has 8 heteroatoms. The van der Waals surface area contributed by atoms with Crippen molar-refractivity contribution in [2.24, 2.45) is 0 Å². The number of carbonyl (C=O) groups is 3. The van der Waals surface area contributed by atoms with Gasteiger partial charge in [0, 0.05) is 12.1 Å². The highest BCUT2D eigenvalue weighted by atomic mass is 16.5. The van der Waals surface area contributed by atoms with Crippen molar-refractivity contribution in [1.29, 1.82) is 0 Å². The van der Waals surface area contributed by atoms with Gasteiger partial charge in [-0.05, 0) is 18.2 Å². The molecule has 2 aromatic carbocycles. The second-order valence-electron chi connectivity index (χ2n) is 6.30. The number of ether oxygens (including phenoxy) is 3. The summed E-state index contributed by atoms with van der Waals surface area (Å²) >= 11 is 0. The SMILES string of the molecule is COc1ccccc1CNC(=O)COC(=O)CN1C(=O)CCOc2ccccc21. The molecule has 0 spiro atoms. The fraction of sp³-hybridized carbons (Fsp3) is 0.286. The Balaban J connectivity index is 1.52. The Hall–Kier alpha value is -3.55. The van der Waals surface area contributed by atoms with E-state index in [0.717, 1.165) is 5.56 Å². The minimum absolute atomic E-state index is 0.154. The van der Waals surface area contributed by atoms with Crippen molar-refractivity contribution in [3.05, 3.63) is 54.1 Å². The van der Waals surface area contributed by atoms with Crippen molar-refractivity contribution in [2.75, 3.05) is 31.8 Å². The van der Waals surface area contributed by atoms with Crippen LogP contribution in [0.3, 0.4) is 0 Å². The number of rotatable bonds is 7. The predicted molar refractivity (Wildman–Crippen MR) is 105 cm³/mol. The van der Waals surface area contributed by atoms with Crippen molar-refractivity contribution >= 4 is 23.5 Å². The topological polar surface area (TPSA) is 94.2 Å². The lowest BCUT2D eigenvalue weighted by Gasteiger charge is -2.20. The van der Waals surface area contributed by atoms with E-state index in [1.54, 1.807) is 37.4 Å². The third kappa shape index (κ3) is 5.25. The van der Waals surface area contributed by atoms with Gasteiger partial charge in [0.15, 0.2) is 6.61 Å². The summed E-state index contributed by atoms with van der Waals surface area (Å²) in [5.74, 6) is -0.184. The molecule has 0 atom stereocenters. The summed E-state index contributed by atoms with van der Waals surface area (Å²) in [6, 6.07) is 14.3. The van der Waals surface area contributed by atoms with Crippen LogP contribution in [0.4, 0.5) is 5.69 Å². The van der Waals surface area contributed by atoms with E-state index in [4.69, 9.17) is 14.2 Å². The van der Waals surface area contributed by atoms with Crippen molar-refractivity contribution in [2.45, 2.75) is 13.0 Å². The fourth-order valence-electron chi connectivity index (χ4n) is 2.91. The molecule has 2 aromatic rings. The number of esters is 1. The maximum atomic E-state index is 12.3. The van der Waals surface area contributed by atoms with Gasteiger partial charge in [-0.15, -0.1) is 0 Å². The van der Waals surface area contributed by atoms with Crippen LogP contribution >= 0.6 is 0 Å². The highest BCUT2D eigenvalue weighted by Crippen LogP contribution is 2.30. The molecule has 0 bridgehead atoms. The number of amides is 2. The summed E-state index contributed by atoms with van der Waals surface area (Å²) in [7, 11) is 1.55. The average molecular weight is 398 g/mol. The number of para-hydroxylation sites is 3. The third-order valence-corrected chi connectivity index (χ3v) is 4.35. The number of fused-ring (bicyclic) bond motifs is 1. The number of hydrogen-bond donors (Lipinski definition) is 1. The lowest BCUT2D eigenvalue weighted by molar-refractivity contribution is -0.147. The quantitative estimate of drug-likeness (QED) is 0.713. The summed E-state index contributed by atoms with van der Waals surface area (Å²) in [5, 5.41) is 2.67. The van der Waals surface area contributed by atoms with Crippen LogP contribution < -0.4 is 19.7 Å². The summed E-state index contributed by atoms with van der Waals surface area (Å²) in [4.78, 5) is 37.8. The third-order valence-electron chi connectivity index (χ3n) is 4.35. The normalized spacial score (nSPS) is 13.0. The fourth-order valence-corrected chi connectivity index (χ4v) is 2.91. The number of nitrogens with one attached hydrogen (secondary N) is 1. The van der Waals surface area contributed by atoms with Crippen LogP contribution in [0.15, 0.2) is 48.5 Å². The molecule has 1 aliphatic heterocycles. The molecule has 1 aliphatic rings. The van der Waals surface area contributed by atoms with Crippen LogP contribution in [-0.4, -0.2) is 44.7 Å². The molecule has 3 rings (SSSR count). The van der Waals surface area contributed by atoms with Gasteiger partial charge < -0.3 is 19.5 Å². The molecular weight excluding hydrogens is 376 g/mol. The molecule has 152 valence electrons. The number of carbonyl (C=O) groups excluding carboxylic acids is 3. The van der Waals surface area contributed by atoms with Crippen LogP contribution in [0.2, 0.25) is 0 Å². The van der Waals surface area contributed by atoms with Crippen LogP contribution in [0.5, 0.6) is 11.5 Å². The summed E-state index contributed by atoms with van der Waals surface area (Å²) in [6.45, 7) is -0.240. The van der Waals surface area contributed by atoms with Gasteiger partial charge in [-0.1, -0.05) is 30.3 Å². The van der Waals surface area contributed by atoms with Gasteiger partial charge in [0.05, 0.1) is 25.8 Å². The van der Waals surface area contributed by atoms with E-state index in [1.165, 1.54) is 4.90 Å². The van der Waals surface area contributed by atoms with E-state index in [-0.39, 0.29) is 32.0 Å². The number of methoxy groups -OCH3 is 1. The smallest absolute Gasteiger partial charge is 0.326 e. The molecule has 0 saturated carbocycles. The van der Waals surface area contributed by atoms with Crippen LogP contribution in [0.1, 0.15) is 12.0 Å². The molecule has 1 N–H and O–H groups in total. The largest absolute Gasteiger partial charge is 0.496 e. The van der Waals surface area contributed by atoms with Crippen molar-refractivity contribution < 1.29 is 28.6 Å². The molecule has 29 heavy (non-hydrogen) atoms. The van der Waals surface area contributed by atoms with Crippen molar-refractivity contribution in [1.82, 2.24) is 5.32 Å². The first-order valence-corrected chi connectivity index (χ1v) is 9.15. The second-order valence-corrected chi connectivity index (χ2v) is 6.30. The summed E-state index contributed by atoms with van der Waals surface area (Å²) in [5.41, 5.74) is 1.31. The standard InChI is InChI=1S/C21H22N2O6/c1-27-17-8-4-2-6-15(17)12-22-19(24)14-29-21(26)13-23-16-7-3-5-9-18(16)28-11-10-20(23)25/h2-9H,10-14H2,1H3,(H,22,24). The minimum atomic E-state index is -0.678. The van der Waals surface area contributed by atoms with E-state index in [9.17, 15) is 14.4 Å². The monoisotopic (exact) mass is 398 g/mol. The highest BCUT2D eigenvalue weighted by Gasteiger charge is 2.25. The van der Waals surface area contributed by atoms with E-state index >= 15 is 0 Å². The van der Waals surface area contributed by atoms with Gasteiger partial charge >= 0.3 is 5.97 Å². The Morgan fingerprint density at radius 2 is 1.90 bits per heavy atom. The minimum Gasteiger partial charge on any atom is -0.496 e. The number of anilines is 1. The number of benzene rings is 2. The average Bonchev–Trinajstić information content (AvgIpc) is 2.90. The lowest BCUT2D eigenvalue weighted by atomic mass is 10.2. The Morgan fingerprint density at radius 1 is 1.14 bits per heavy atom. The molecule has 0 radical (unpaired) electrons. The summed E-state index contributed by atoms with van der Waals surface area (Å²) in [6.07, 6.45) is 0.154. The van der Waals surface area contributed by atoms with Crippen LogP contribution in [-0.2, 0) is 25.7 Å². The molecule has 0 fully saturated rings. The first-order chi connectivity index (χ1) is 14.1.